The number of rotatable bonds is 4. The van der Waals surface area contributed by atoms with E-state index in [-0.39, 0.29) is 12.3 Å². The van der Waals surface area contributed by atoms with Crippen molar-refractivity contribution in [2.45, 2.75) is 12.5 Å². The summed E-state index contributed by atoms with van der Waals surface area (Å²) in [5.74, 6) is 0.499. The van der Waals surface area contributed by atoms with Crippen molar-refractivity contribution in [3.05, 3.63) is 23.8 Å². The summed E-state index contributed by atoms with van der Waals surface area (Å²) < 4.78 is 10.3. The molecule has 0 spiro atoms. The SMILES string of the molecule is COc1cccc(C(C)(CN)OC)c1O. The lowest BCUT2D eigenvalue weighted by Crippen LogP contribution is -2.33. The largest absolute Gasteiger partial charge is 0.504 e. The maximum Gasteiger partial charge on any atom is 0.163 e. The molecule has 3 N–H and O–H groups in total. The molecule has 4 nitrogen and oxygen atoms in total. The van der Waals surface area contributed by atoms with Crippen molar-refractivity contribution < 1.29 is 14.6 Å². The zero-order valence-electron chi connectivity index (χ0n) is 9.28. The predicted molar refractivity (Wildman–Crippen MR) is 58.1 cm³/mol. The van der Waals surface area contributed by atoms with Crippen molar-refractivity contribution in [1.82, 2.24) is 0 Å². The summed E-state index contributed by atoms with van der Waals surface area (Å²) in [7, 11) is 3.07. The molecule has 1 unspecified atom stereocenters. The first kappa shape index (κ1) is 11.8. The van der Waals surface area contributed by atoms with Crippen molar-refractivity contribution in [3.63, 3.8) is 0 Å². The lowest BCUT2D eigenvalue weighted by Gasteiger charge is -2.28. The van der Waals surface area contributed by atoms with E-state index in [0.29, 0.717) is 11.3 Å². The second kappa shape index (κ2) is 4.51. The third-order valence-electron chi connectivity index (χ3n) is 2.63. The first-order valence-corrected chi connectivity index (χ1v) is 4.70. The van der Waals surface area contributed by atoms with Crippen LogP contribution in [-0.4, -0.2) is 25.9 Å². The monoisotopic (exact) mass is 211 g/mol. The third kappa shape index (κ3) is 2.06. The van der Waals surface area contributed by atoms with Crippen LogP contribution in [0.1, 0.15) is 12.5 Å². The Kier molecular flexibility index (Phi) is 3.55. The Bertz CT molecular complexity index is 335. The van der Waals surface area contributed by atoms with Crippen LogP contribution >= 0.6 is 0 Å². The summed E-state index contributed by atoms with van der Waals surface area (Å²) >= 11 is 0. The number of benzene rings is 1. The molecule has 15 heavy (non-hydrogen) atoms. The van der Waals surface area contributed by atoms with Crippen LogP contribution in [0.25, 0.3) is 0 Å². The van der Waals surface area contributed by atoms with Crippen molar-refractivity contribution in [2.24, 2.45) is 5.73 Å². The molecule has 1 aromatic rings. The van der Waals surface area contributed by atoms with Crippen LogP contribution in [0, 0.1) is 0 Å². The summed E-state index contributed by atoms with van der Waals surface area (Å²) in [6.45, 7) is 2.10. The highest BCUT2D eigenvalue weighted by atomic mass is 16.5. The molecule has 0 aromatic heterocycles. The maximum atomic E-state index is 9.93. The Labute approximate surface area is 89.6 Å². The van der Waals surface area contributed by atoms with Gasteiger partial charge in [0.25, 0.3) is 0 Å². The predicted octanol–water partition coefficient (Wildman–Crippen LogP) is 1.22. The van der Waals surface area contributed by atoms with Crippen LogP contribution in [0.4, 0.5) is 0 Å². The molecule has 1 rings (SSSR count). The summed E-state index contributed by atoms with van der Waals surface area (Å²) in [5, 5.41) is 9.93. The van der Waals surface area contributed by atoms with Gasteiger partial charge in [0, 0.05) is 19.2 Å². The molecule has 4 heteroatoms. The van der Waals surface area contributed by atoms with E-state index in [1.807, 2.05) is 6.92 Å². The molecule has 0 radical (unpaired) electrons. The van der Waals surface area contributed by atoms with Gasteiger partial charge in [-0.1, -0.05) is 12.1 Å². The van der Waals surface area contributed by atoms with Gasteiger partial charge in [-0.3, -0.25) is 0 Å². The Morgan fingerprint density at radius 3 is 2.53 bits per heavy atom. The Morgan fingerprint density at radius 1 is 1.40 bits per heavy atom. The van der Waals surface area contributed by atoms with E-state index in [0.717, 1.165) is 0 Å². The second-order valence-electron chi connectivity index (χ2n) is 3.50. The van der Waals surface area contributed by atoms with Gasteiger partial charge in [-0.05, 0) is 13.0 Å². The van der Waals surface area contributed by atoms with Crippen LogP contribution in [0.3, 0.4) is 0 Å². The number of ether oxygens (including phenoxy) is 2. The third-order valence-corrected chi connectivity index (χ3v) is 2.63. The number of aromatic hydroxyl groups is 1. The van der Waals surface area contributed by atoms with Crippen LogP contribution in [0.15, 0.2) is 18.2 Å². The standard InChI is InChI=1S/C11H17NO3/c1-11(7-12,15-3)8-5-4-6-9(14-2)10(8)13/h4-6,13H,7,12H2,1-3H3. The number of methoxy groups -OCH3 is 2. The molecule has 0 saturated heterocycles. The topological polar surface area (TPSA) is 64.7 Å². The van der Waals surface area contributed by atoms with E-state index >= 15 is 0 Å². The fourth-order valence-electron chi connectivity index (χ4n) is 1.42. The molecule has 0 saturated carbocycles. The Hall–Kier alpha value is -1.26. The van der Waals surface area contributed by atoms with Crippen molar-refractivity contribution in [3.8, 4) is 11.5 Å². The van der Waals surface area contributed by atoms with Gasteiger partial charge < -0.3 is 20.3 Å². The smallest absolute Gasteiger partial charge is 0.163 e. The minimum Gasteiger partial charge on any atom is -0.504 e. The van der Waals surface area contributed by atoms with E-state index < -0.39 is 5.60 Å². The van der Waals surface area contributed by atoms with E-state index in [4.69, 9.17) is 15.2 Å². The summed E-state index contributed by atoms with van der Waals surface area (Å²) in [4.78, 5) is 0. The quantitative estimate of drug-likeness (QED) is 0.786. The zero-order chi connectivity index (χ0) is 11.5. The average Bonchev–Trinajstić information content (AvgIpc) is 2.28. The minimum atomic E-state index is -0.696. The van der Waals surface area contributed by atoms with Gasteiger partial charge in [-0.2, -0.15) is 0 Å². The van der Waals surface area contributed by atoms with Gasteiger partial charge in [0.05, 0.1) is 7.11 Å². The van der Waals surface area contributed by atoms with Gasteiger partial charge in [0.15, 0.2) is 11.5 Å². The maximum absolute atomic E-state index is 9.93. The van der Waals surface area contributed by atoms with Gasteiger partial charge in [0.1, 0.15) is 5.60 Å². The van der Waals surface area contributed by atoms with Crippen molar-refractivity contribution >= 4 is 0 Å². The number of nitrogens with two attached hydrogens (primary N) is 1. The average molecular weight is 211 g/mol. The first-order chi connectivity index (χ1) is 7.09. The van der Waals surface area contributed by atoms with Crippen LogP contribution in [0.2, 0.25) is 0 Å². The number of hydrogen-bond donors (Lipinski definition) is 2. The Morgan fingerprint density at radius 2 is 2.07 bits per heavy atom. The van der Waals surface area contributed by atoms with Crippen molar-refractivity contribution in [1.29, 1.82) is 0 Å². The van der Waals surface area contributed by atoms with Crippen LogP contribution in [0.5, 0.6) is 11.5 Å². The number of phenols is 1. The van der Waals surface area contributed by atoms with E-state index in [9.17, 15) is 5.11 Å². The number of phenolic OH excluding ortho intramolecular Hbond substituents is 1. The first-order valence-electron chi connectivity index (χ1n) is 4.70. The zero-order valence-corrected chi connectivity index (χ0v) is 9.28. The lowest BCUT2D eigenvalue weighted by atomic mass is 9.94. The molecule has 1 atom stereocenters. The fourth-order valence-corrected chi connectivity index (χ4v) is 1.42. The highest BCUT2D eigenvalue weighted by Crippen LogP contribution is 2.37. The molecular weight excluding hydrogens is 194 g/mol. The van der Waals surface area contributed by atoms with E-state index in [1.54, 1.807) is 25.3 Å². The number of hydrogen-bond acceptors (Lipinski definition) is 4. The van der Waals surface area contributed by atoms with Gasteiger partial charge in [0.2, 0.25) is 0 Å². The van der Waals surface area contributed by atoms with Crippen LogP contribution in [-0.2, 0) is 10.3 Å². The minimum absolute atomic E-state index is 0.0785. The van der Waals surface area contributed by atoms with E-state index in [1.165, 1.54) is 7.11 Å². The Balaban J connectivity index is 3.24. The fraction of sp³-hybridized carbons (Fsp3) is 0.455. The molecule has 0 aliphatic rings. The molecule has 0 fully saturated rings. The molecule has 1 aromatic carbocycles. The van der Waals surface area contributed by atoms with Gasteiger partial charge in [-0.25, -0.2) is 0 Å². The molecule has 0 aliphatic heterocycles. The highest BCUT2D eigenvalue weighted by Gasteiger charge is 2.28. The van der Waals surface area contributed by atoms with E-state index in [2.05, 4.69) is 0 Å². The molecule has 0 bridgehead atoms. The molecule has 0 aliphatic carbocycles. The lowest BCUT2D eigenvalue weighted by molar-refractivity contribution is 0.00801. The van der Waals surface area contributed by atoms with Crippen LogP contribution < -0.4 is 10.5 Å². The number of para-hydroxylation sites is 1. The molecule has 84 valence electrons. The van der Waals surface area contributed by atoms with Crippen molar-refractivity contribution in [2.75, 3.05) is 20.8 Å². The summed E-state index contributed by atoms with van der Waals surface area (Å²) in [6.07, 6.45) is 0. The molecule has 0 heterocycles. The highest BCUT2D eigenvalue weighted by molar-refractivity contribution is 5.48. The second-order valence-corrected chi connectivity index (χ2v) is 3.50. The normalized spacial score (nSPS) is 14.7. The molecule has 0 amide bonds. The summed E-state index contributed by atoms with van der Waals surface area (Å²) in [6, 6.07) is 5.25. The summed E-state index contributed by atoms with van der Waals surface area (Å²) in [5.41, 5.74) is 5.57. The van der Waals surface area contributed by atoms with Gasteiger partial charge in [-0.15, -0.1) is 0 Å². The molecular formula is C11H17NO3. The van der Waals surface area contributed by atoms with Gasteiger partial charge >= 0.3 is 0 Å².